The fourth-order valence-electron chi connectivity index (χ4n) is 2.76. The van der Waals surface area contributed by atoms with Crippen LogP contribution >= 0.6 is 22.9 Å². The number of hydrogen-bond acceptors (Lipinski definition) is 7. The van der Waals surface area contributed by atoms with Crippen LogP contribution < -0.4 is 15.8 Å². The molecule has 0 unspecified atom stereocenters. The van der Waals surface area contributed by atoms with Crippen molar-refractivity contribution in [3.8, 4) is 5.75 Å². The average molecular weight is 463 g/mol. The molecule has 3 N–H and O–H groups in total. The molecule has 162 valence electrons. The summed E-state index contributed by atoms with van der Waals surface area (Å²) in [5.74, 6) is -1.47. The third kappa shape index (κ3) is 4.86. The van der Waals surface area contributed by atoms with E-state index in [0.29, 0.717) is 16.3 Å². The fraction of sp³-hybridized carbons (Fsp3) is 0.200. The first-order valence-electron chi connectivity index (χ1n) is 8.96. The number of amides is 2. The maximum atomic E-state index is 12.6. The van der Waals surface area contributed by atoms with Crippen LogP contribution in [-0.2, 0) is 11.5 Å². The predicted molar refractivity (Wildman–Crippen MR) is 116 cm³/mol. The average Bonchev–Trinajstić information content (AvgIpc) is 3.33. The van der Waals surface area contributed by atoms with Crippen LogP contribution in [-0.4, -0.2) is 34.7 Å². The maximum Gasteiger partial charge on any atom is 0.341 e. The van der Waals surface area contributed by atoms with E-state index < -0.39 is 17.8 Å². The van der Waals surface area contributed by atoms with Crippen molar-refractivity contribution in [1.29, 1.82) is 0 Å². The summed E-state index contributed by atoms with van der Waals surface area (Å²) in [6.07, 6.45) is 1.56. The first kappa shape index (κ1) is 22.3. The Labute approximate surface area is 186 Å². The van der Waals surface area contributed by atoms with Gasteiger partial charge in [-0.3, -0.25) is 9.59 Å². The summed E-state index contributed by atoms with van der Waals surface area (Å²) in [6, 6.07) is 6.88. The summed E-state index contributed by atoms with van der Waals surface area (Å²) in [6.45, 7) is 3.51. The molecule has 0 saturated heterocycles. The molecule has 0 spiro atoms. The van der Waals surface area contributed by atoms with Gasteiger partial charge in [0.25, 0.3) is 11.8 Å². The molecule has 0 aliphatic rings. The van der Waals surface area contributed by atoms with E-state index >= 15 is 0 Å². The number of thiophene rings is 1. The molecule has 3 rings (SSSR count). The second kappa shape index (κ2) is 9.19. The summed E-state index contributed by atoms with van der Waals surface area (Å²) in [4.78, 5) is 36.5. The quantitative estimate of drug-likeness (QED) is 0.518. The van der Waals surface area contributed by atoms with Crippen molar-refractivity contribution in [3.05, 3.63) is 62.7 Å². The number of methoxy groups -OCH3 is 1. The van der Waals surface area contributed by atoms with Crippen molar-refractivity contribution < 1.29 is 23.9 Å². The van der Waals surface area contributed by atoms with E-state index in [0.717, 1.165) is 16.9 Å². The van der Waals surface area contributed by atoms with Gasteiger partial charge in [-0.2, -0.15) is 5.10 Å². The van der Waals surface area contributed by atoms with Crippen LogP contribution in [0.4, 0.5) is 5.00 Å². The third-order valence-electron chi connectivity index (χ3n) is 4.30. The molecule has 0 aliphatic carbocycles. The summed E-state index contributed by atoms with van der Waals surface area (Å²) in [5, 5.41) is 7.38. The Morgan fingerprint density at radius 3 is 2.68 bits per heavy atom. The molecule has 0 saturated carbocycles. The van der Waals surface area contributed by atoms with E-state index in [1.165, 1.54) is 17.9 Å². The Balaban J connectivity index is 1.76. The van der Waals surface area contributed by atoms with Crippen molar-refractivity contribution in [1.82, 2.24) is 9.78 Å². The molecule has 0 atom stereocenters. The van der Waals surface area contributed by atoms with Crippen molar-refractivity contribution in [2.24, 2.45) is 5.73 Å². The lowest BCUT2D eigenvalue weighted by atomic mass is 10.1. The van der Waals surface area contributed by atoms with Gasteiger partial charge in [0, 0.05) is 6.20 Å². The van der Waals surface area contributed by atoms with E-state index in [9.17, 15) is 14.4 Å². The standard InChI is InChI=1S/C20H19ClN4O5S/c1-10-4-5-12(21)14(8-10)30-9-25-7-6-13(24-25)18(27)23-19-15(20(28)29-3)11(2)16(31-19)17(22)26/h4-8H,9H2,1-3H3,(H2,22,26)(H,23,27). The first-order chi connectivity index (χ1) is 14.7. The molecule has 2 amide bonds. The van der Waals surface area contributed by atoms with Gasteiger partial charge >= 0.3 is 5.97 Å². The largest absolute Gasteiger partial charge is 0.470 e. The molecule has 31 heavy (non-hydrogen) atoms. The number of ether oxygens (including phenoxy) is 2. The van der Waals surface area contributed by atoms with E-state index in [1.54, 1.807) is 25.3 Å². The number of carbonyl (C=O) groups is 3. The molecule has 11 heteroatoms. The number of hydrogen-bond donors (Lipinski definition) is 2. The number of benzene rings is 1. The zero-order chi connectivity index (χ0) is 22.7. The van der Waals surface area contributed by atoms with Gasteiger partial charge in [-0.05, 0) is 43.2 Å². The highest BCUT2D eigenvalue weighted by Crippen LogP contribution is 2.33. The van der Waals surface area contributed by atoms with Crippen LogP contribution in [0.15, 0.2) is 30.5 Å². The van der Waals surface area contributed by atoms with E-state index in [-0.39, 0.29) is 27.9 Å². The monoisotopic (exact) mass is 462 g/mol. The van der Waals surface area contributed by atoms with E-state index in [1.807, 2.05) is 13.0 Å². The summed E-state index contributed by atoms with van der Waals surface area (Å²) < 4.78 is 11.8. The van der Waals surface area contributed by atoms with Crippen molar-refractivity contribution in [2.75, 3.05) is 12.4 Å². The smallest absolute Gasteiger partial charge is 0.341 e. The Hall–Kier alpha value is -3.37. The van der Waals surface area contributed by atoms with Gasteiger partial charge in [0.05, 0.1) is 22.6 Å². The molecule has 2 aromatic heterocycles. The number of halogens is 1. The van der Waals surface area contributed by atoms with Crippen LogP contribution in [0.5, 0.6) is 5.75 Å². The molecule has 9 nitrogen and oxygen atoms in total. The van der Waals surface area contributed by atoms with Gasteiger partial charge in [0.15, 0.2) is 12.4 Å². The lowest BCUT2D eigenvalue weighted by Crippen LogP contribution is -2.16. The number of primary amides is 1. The topological polar surface area (TPSA) is 126 Å². The Morgan fingerprint density at radius 1 is 1.26 bits per heavy atom. The summed E-state index contributed by atoms with van der Waals surface area (Å²) in [7, 11) is 1.21. The number of rotatable bonds is 7. The van der Waals surface area contributed by atoms with Gasteiger partial charge in [0.2, 0.25) is 0 Å². The molecule has 1 aromatic carbocycles. The molecule has 0 radical (unpaired) electrons. The molecule has 0 aliphatic heterocycles. The third-order valence-corrected chi connectivity index (χ3v) is 5.83. The van der Waals surface area contributed by atoms with Gasteiger partial charge < -0.3 is 20.5 Å². The minimum absolute atomic E-state index is 0.0355. The van der Waals surface area contributed by atoms with Crippen molar-refractivity contribution >= 4 is 45.7 Å². The van der Waals surface area contributed by atoms with Gasteiger partial charge in [-0.1, -0.05) is 17.7 Å². The van der Waals surface area contributed by atoms with E-state index in [4.69, 9.17) is 26.8 Å². The molecule has 3 aromatic rings. The normalized spacial score (nSPS) is 10.6. The van der Waals surface area contributed by atoms with Gasteiger partial charge in [-0.25, -0.2) is 9.48 Å². The number of aryl methyl sites for hydroxylation is 1. The highest BCUT2D eigenvalue weighted by Gasteiger charge is 2.26. The van der Waals surface area contributed by atoms with E-state index in [2.05, 4.69) is 10.4 Å². The number of nitrogens with zero attached hydrogens (tertiary/aromatic N) is 2. The fourth-order valence-corrected chi connectivity index (χ4v) is 3.98. The highest BCUT2D eigenvalue weighted by atomic mass is 35.5. The van der Waals surface area contributed by atoms with Gasteiger partial charge in [-0.15, -0.1) is 11.3 Å². The number of nitrogens with one attached hydrogen (secondary N) is 1. The SMILES string of the molecule is COC(=O)c1c(NC(=O)c2ccn(COc3cc(C)ccc3Cl)n2)sc(C(N)=O)c1C. The van der Waals surface area contributed by atoms with Crippen LogP contribution in [0.2, 0.25) is 5.02 Å². The maximum absolute atomic E-state index is 12.6. The zero-order valence-corrected chi connectivity index (χ0v) is 18.5. The first-order valence-corrected chi connectivity index (χ1v) is 10.2. The predicted octanol–water partition coefficient (Wildman–Crippen LogP) is 3.39. The van der Waals surface area contributed by atoms with Crippen LogP contribution in [0.25, 0.3) is 0 Å². The second-order valence-electron chi connectivity index (χ2n) is 6.52. The summed E-state index contributed by atoms with van der Waals surface area (Å²) >= 11 is 7.01. The highest BCUT2D eigenvalue weighted by molar-refractivity contribution is 7.18. The van der Waals surface area contributed by atoms with Crippen molar-refractivity contribution in [2.45, 2.75) is 20.6 Å². The Morgan fingerprint density at radius 2 is 2.00 bits per heavy atom. The lowest BCUT2D eigenvalue weighted by Gasteiger charge is -2.08. The number of esters is 1. The lowest BCUT2D eigenvalue weighted by molar-refractivity contribution is 0.0601. The Kier molecular flexibility index (Phi) is 6.62. The number of anilines is 1. The molecular weight excluding hydrogens is 444 g/mol. The number of nitrogens with two attached hydrogens (primary N) is 1. The van der Waals surface area contributed by atoms with Gasteiger partial charge in [0.1, 0.15) is 10.8 Å². The molecule has 2 heterocycles. The number of aromatic nitrogens is 2. The summed E-state index contributed by atoms with van der Waals surface area (Å²) in [5.41, 5.74) is 6.84. The Bertz CT molecular complexity index is 1170. The minimum atomic E-state index is -0.704. The minimum Gasteiger partial charge on any atom is -0.470 e. The van der Waals surface area contributed by atoms with Crippen molar-refractivity contribution in [3.63, 3.8) is 0 Å². The second-order valence-corrected chi connectivity index (χ2v) is 7.95. The number of carbonyl (C=O) groups excluding carboxylic acids is 3. The van der Waals surface area contributed by atoms with Crippen LogP contribution in [0.3, 0.4) is 0 Å². The molecular formula is C20H19ClN4O5S. The van der Waals surface area contributed by atoms with Crippen LogP contribution in [0.1, 0.15) is 41.6 Å². The molecule has 0 fully saturated rings. The zero-order valence-electron chi connectivity index (χ0n) is 16.9. The molecule has 0 bridgehead atoms. The van der Waals surface area contributed by atoms with Crippen LogP contribution in [0, 0.1) is 13.8 Å².